The molecular formula is C19H25N3O5. The van der Waals surface area contributed by atoms with Gasteiger partial charge in [0.2, 0.25) is 5.88 Å². The molecule has 27 heavy (non-hydrogen) atoms. The molecule has 0 aromatic carbocycles. The molecule has 4 rings (SSSR count). The molecule has 146 valence electrons. The number of carbonyl (C=O) groups excluding carboxylic acids is 2. The number of ether oxygens (including phenoxy) is 3. The highest BCUT2D eigenvalue weighted by molar-refractivity contribution is 5.94. The normalized spacial score (nSPS) is 25.6. The van der Waals surface area contributed by atoms with Crippen LogP contribution in [0.25, 0.3) is 0 Å². The number of pyridine rings is 1. The molecule has 8 nitrogen and oxygen atoms in total. The number of carbonyl (C=O) groups is 2. The maximum Gasteiger partial charge on any atom is 0.255 e. The number of hydrogen-bond donors (Lipinski definition) is 0. The molecule has 1 aromatic rings. The zero-order valence-corrected chi connectivity index (χ0v) is 15.3. The topological polar surface area (TPSA) is 81.2 Å². The van der Waals surface area contributed by atoms with Gasteiger partial charge in [0, 0.05) is 51.5 Å². The Morgan fingerprint density at radius 3 is 2.52 bits per heavy atom. The van der Waals surface area contributed by atoms with Crippen LogP contribution in [0.4, 0.5) is 0 Å². The minimum Gasteiger partial charge on any atom is -0.472 e. The lowest BCUT2D eigenvalue weighted by Crippen LogP contribution is -2.52. The summed E-state index contributed by atoms with van der Waals surface area (Å²) in [6, 6.07) is 3.47. The number of rotatable bonds is 4. The fourth-order valence-corrected chi connectivity index (χ4v) is 3.64. The molecule has 2 unspecified atom stereocenters. The predicted molar refractivity (Wildman–Crippen MR) is 95.5 cm³/mol. The largest absolute Gasteiger partial charge is 0.472 e. The summed E-state index contributed by atoms with van der Waals surface area (Å²) in [6.07, 6.45) is 3.89. The maximum absolute atomic E-state index is 12.7. The van der Waals surface area contributed by atoms with E-state index in [0.717, 1.165) is 19.3 Å². The van der Waals surface area contributed by atoms with Gasteiger partial charge in [-0.1, -0.05) is 0 Å². The monoisotopic (exact) mass is 375 g/mol. The first-order chi connectivity index (χ1) is 13.2. The van der Waals surface area contributed by atoms with Crippen molar-refractivity contribution in [1.82, 2.24) is 14.8 Å². The molecule has 8 heteroatoms. The smallest absolute Gasteiger partial charge is 0.255 e. The Hall–Kier alpha value is -2.19. The first kappa shape index (κ1) is 18.2. The van der Waals surface area contributed by atoms with Gasteiger partial charge in [0.25, 0.3) is 11.8 Å². The van der Waals surface area contributed by atoms with Crippen molar-refractivity contribution in [2.45, 2.75) is 31.5 Å². The van der Waals surface area contributed by atoms with Gasteiger partial charge >= 0.3 is 0 Å². The summed E-state index contributed by atoms with van der Waals surface area (Å²) in [6.45, 7) is 4.08. The third-order valence-corrected chi connectivity index (χ3v) is 5.24. The number of hydrogen-bond acceptors (Lipinski definition) is 6. The summed E-state index contributed by atoms with van der Waals surface area (Å²) in [4.78, 5) is 32.9. The van der Waals surface area contributed by atoms with Crippen LogP contribution in [-0.4, -0.2) is 84.8 Å². The van der Waals surface area contributed by atoms with Crippen molar-refractivity contribution >= 4 is 11.8 Å². The van der Waals surface area contributed by atoms with Gasteiger partial charge < -0.3 is 24.0 Å². The second-order valence-electron chi connectivity index (χ2n) is 7.11. The van der Waals surface area contributed by atoms with Crippen LogP contribution in [0.1, 0.15) is 29.6 Å². The van der Waals surface area contributed by atoms with E-state index >= 15 is 0 Å². The predicted octanol–water partition coefficient (Wildman–Crippen LogP) is 0.713. The lowest BCUT2D eigenvalue weighted by atomic mass is 10.2. The first-order valence-corrected chi connectivity index (χ1v) is 9.61. The quantitative estimate of drug-likeness (QED) is 0.771. The molecule has 0 aliphatic carbocycles. The molecule has 0 N–H and O–H groups in total. The summed E-state index contributed by atoms with van der Waals surface area (Å²) in [7, 11) is 0. The van der Waals surface area contributed by atoms with E-state index < -0.39 is 0 Å². The van der Waals surface area contributed by atoms with Crippen LogP contribution < -0.4 is 4.74 Å². The van der Waals surface area contributed by atoms with Gasteiger partial charge in [-0.3, -0.25) is 9.59 Å². The molecule has 0 radical (unpaired) electrons. The molecule has 0 saturated carbocycles. The van der Waals surface area contributed by atoms with Crippen LogP contribution in [0.5, 0.6) is 5.88 Å². The average Bonchev–Trinajstić information content (AvgIpc) is 3.42. The molecule has 4 heterocycles. The van der Waals surface area contributed by atoms with Crippen LogP contribution in [0.15, 0.2) is 18.3 Å². The van der Waals surface area contributed by atoms with Gasteiger partial charge in [0.05, 0.1) is 18.8 Å². The molecule has 2 amide bonds. The molecule has 3 aliphatic heterocycles. The van der Waals surface area contributed by atoms with Crippen molar-refractivity contribution < 1.29 is 23.8 Å². The molecule has 1 aromatic heterocycles. The molecule has 0 bridgehead atoms. The third-order valence-electron chi connectivity index (χ3n) is 5.24. The molecular weight excluding hydrogens is 350 g/mol. The average molecular weight is 375 g/mol. The van der Waals surface area contributed by atoms with E-state index in [-0.39, 0.29) is 24.0 Å². The Balaban J connectivity index is 1.29. The summed E-state index contributed by atoms with van der Waals surface area (Å²) in [5.74, 6) is 0.496. The SMILES string of the molecule is O=C(c1ccc(OC2CCOC2)nc1)N1CCN(C(=O)C2CCCO2)CC1. The highest BCUT2D eigenvalue weighted by Crippen LogP contribution is 2.18. The second-order valence-corrected chi connectivity index (χ2v) is 7.11. The van der Waals surface area contributed by atoms with Crippen LogP contribution >= 0.6 is 0 Å². The maximum atomic E-state index is 12.7. The Kier molecular flexibility index (Phi) is 5.54. The Bertz CT molecular complexity index is 660. The molecule has 3 fully saturated rings. The van der Waals surface area contributed by atoms with Crippen molar-refractivity contribution in [2.75, 3.05) is 46.0 Å². The minimum absolute atomic E-state index is 0.0357. The van der Waals surface area contributed by atoms with Gasteiger partial charge in [-0.25, -0.2) is 4.98 Å². The van der Waals surface area contributed by atoms with Crippen LogP contribution in [-0.2, 0) is 14.3 Å². The number of amides is 2. The fraction of sp³-hybridized carbons (Fsp3) is 0.632. The number of piperazine rings is 1. The standard InChI is InChI=1S/C19H25N3O5/c23-18(14-3-4-17(20-12-14)27-15-5-11-25-13-15)21-6-8-22(9-7-21)19(24)16-2-1-10-26-16/h3-4,12,15-16H,1-2,5-11,13H2. The summed E-state index contributed by atoms with van der Waals surface area (Å²) >= 11 is 0. The third kappa shape index (κ3) is 4.22. The van der Waals surface area contributed by atoms with E-state index in [1.54, 1.807) is 28.1 Å². The van der Waals surface area contributed by atoms with Crippen molar-refractivity contribution in [3.63, 3.8) is 0 Å². The van der Waals surface area contributed by atoms with E-state index in [0.29, 0.717) is 57.4 Å². The number of aromatic nitrogens is 1. The lowest BCUT2D eigenvalue weighted by Gasteiger charge is -2.35. The Morgan fingerprint density at radius 1 is 1.07 bits per heavy atom. The van der Waals surface area contributed by atoms with Crippen LogP contribution in [0.3, 0.4) is 0 Å². The van der Waals surface area contributed by atoms with Gasteiger partial charge in [-0.15, -0.1) is 0 Å². The minimum atomic E-state index is -0.297. The van der Waals surface area contributed by atoms with E-state index in [2.05, 4.69) is 4.98 Å². The van der Waals surface area contributed by atoms with Crippen LogP contribution in [0.2, 0.25) is 0 Å². The van der Waals surface area contributed by atoms with Crippen molar-refractivity contribution in [2.24, 2.45) is 0 Å². The van der Waals surface area contributed by atoms with Crippen molar-refractivity contribution in [3.8, 4) is 5.88 Å². The Labute approximate surface area is 158 Å². The van der Waals surface area contributed by atoms with Crippen molar-refractivity contribution in [3.05, 3.63) is 23.9 Å². The highest BCUT2D eigenvalue weighted by Gasteiger charge is 2.31. The molecule has 0 spiro atoms. The summed E-state index contributed by atoms with van der Waals surface area (Å²) < 4.78 is 16.5. The molecule has 3 saturated heterocycles. The Morgan fingerprint density at radius 2 is 1.89 bits per heavy atom. The highest BCUT2D eigenvalue weighted by atomic mass is 16.5. The van der Waals surface area contributed by atoms with E-state index in [9.17, 15) is 9.59 Å². The molecule has 3 aliphatic rings. The summed E-state index contributed by atoms with van der Waals surface area (Å²) in [5, 5.41) is 0. The van der Waals surface area contributed by atoms with E-state index in [1.165, 1.54) is 0 Å². The van der Waals surface area contributed by atoms with Gasteiger partial charge in [0.15, 0.2) is 0 Å². The van der Waals surface area contributed by atoms with Gasteiger partial charge in [0.1, 0.15) is 12.2 Å². The van der Waals surface area contributed by atoms with Crippen LogP contribution in [0, 0.1) is 0 Å². The zero-order chi connectivity index (χ0) is 18.6. The first-order valence-electron chi connectivity index (χ1n) is 9.61. The summed E-state index contributed by atoms with van der Waals surface area (Å²) in [5.41, 5.74) is 0.531. The van der Waals surface area contributed by atoms with E-state index in [1.807, 2.05) is 0 Å². The van der Waals surface area contributed by atoms with E-state index in [4.69, 9.17) is 14.2 Å². The zero-order valence-electron chi connectivity index (χ0n) is 15.3. The lowest BCUT2D eigenvalue weighted by molar-refractivity contribution is -0.142. The number of nitrogens with zero attached hydrogens (tertiary/aromatic N) is 3. The van der Waals surface area contributed by atoms with Gasteiger partial charge in [-0.05, 0) is 18.9 Å². The fourth-order valence-electron chi connectivity index (χ4n) is 3.64. The second kappa shape index (κ2) is 8.22. The molecule has 2 atom stereocenters. The van der Waals surface area contributed by atoms with Gasteiger partial charge in [-0.2, -0.15) is 0 Å². The van der Waals surface area contributed by atoms with Crippen molar-refractivity contribution in [1.29, 1.82) is 0 Å².